The minimum atomic E-state index is -0.617. The second-order valence-electron chi connectivity index (χ2n) is 3.64. The first kappa shape index (κ1) is 13.5. The number of ketones is 1. The summed E-state index contributed by atoms with van der Waals surface area (Å²) in [6.07, 6.45) is 2.31. The van der Waals surface area contributed by atoms with E-state index in [0.29, 0.717) is 5.69 Å². The van der Waals surface area contributed by atoms with Gasteiger partial charge in [0.2, 0.25) is 0 Å². The molecule has 1 aromatic carbocycles. The van der Waals surface area contributed by atoms with Crippen molar-refractivity contribution in [3.63, 3.8) is 0 Å². The molecule has 0 atom stereocenters. The summed E-state index contributed by atoms with van der Waals surface area (Å²) in [5.74, 6) is -0.336. The number of carbonyl (C=O) groups excluding carboxylic acids is 2. The Kier molecular flexibility index (Phi) is 4.14. The molecule has 96 valence electrons. The van der Waals surface area contributed by atoms with Crippen LogP contribution in [-0.4, -0.2) is 17.5 Å². The Bertz CT molecular complexity index is 595. The molecule has 0 saturated carbocycles. The zero-order valence-corrected chi connectivity index (χ0v) is 11.1. The standard InChI is InChI=1S/C13H8Cl2N2O2/c14-10-6-9(18)7-11(15)12(10)17-13(19)16-8-4-2-1-3-5-8/h1-7H,(H,16,19). The second-order valence-corrected chi connectivity index (χ2v) is 4.46. The number of aliphatic imine (C=N–C) groups is 1. The lowest BCUT2D eigenvalue weighted by Gasteiger charge is -2.08. The van der Waals surface area contributed by atoms with E-state index in [1.807, 2.05) is 6.07 Å². The van der Waals surface area contributed by atoms with E-state index in [0.717, 1.165) is 12.2 Å². The number of carbonyl (C=O) groups is 2. The van der Waals surface area contributed by atoms with E-state index in [2.05, 4.69) is 10.3 Å². The third kappa shape index (κ3) is 3.53. The Morgan fingerprint density at radius 3 is 2.21 bits per heavy atom. The Morgan fingerprint density at radius 2 is 1.63 bits per heavy atom. The number of hydrogen-bond acceptors (Lipinski definition) is 2. The van der Waals surface area contributed by atoms with Crippen LogP contribution in [-0.2, 0) is 4.79 Å². The fraction of sp³-hybridized carbons (Fsp3) is 0. The number of halogens is 2. The summed E-state index contributed by atoms with van der Waals surface area (Å²) in [4.78, 5) is 26.6. The van der Waals surface area contributed by atoms with Crippen LogP contribution in [0.5, 0.6) is 0 Å². The van der Waals surface area contributed by atoms with Crippen LogP contribution < -0.4 is 5.32 Å². The lowest BCUT2D eigenvalue weighted by atomic mass is 10.1. The first-order chi connectivity index (χ1) is 9.06. The highest BCUT2D eigenvalue weighted by atomic mass is 35.5. The number of urea groups is 1. The Balaban J connectivity index is 2.17. The third-order valence-electron chi connectivity index (χ3n) is 2.23. The fourth-order valence-corrected chi connectivity index (χ4v) is 1.98. The van der Waals surface area contributed by atoms with Crippen molar-refractivity contribution in [2.75, 3.05) is 5.32 Å². The number of allylic oxidation sites excluding steroid dienone is 4. The van der Waals surface area contributed by atoms with Gasteiger partial charge in [0.05, 0.1) is 10.1 Å². The topological polar surface area (TPSA) is 58.5 Å². The normalized spacial score (nSPS) is 14.6. The molecule has 0 spiro atoms. The van der Waals surface area contributed by atoms with Crippen LogP contribution in [0.25, 0.3) is 0 Å². The molecule has 1 aliphatic carbocycles. The zero-order valence-electron chi connectivity index (χ0n) is 9.56. The Hall–Kier alpha value is -1.91. The monoisotopic (exact) mass is 294 g/mol. The highest BCUT2D eigenvalue weighted by molar-refractivity contribution is 6.59. The second kappa shape index (κ2) is 5.82. The van der Waals surface area contributed by atoms with Crippen LogP contribution in [0.4, 0.5) is 10.5 Å². The van der Waals surface area contributed by atoms with Crippen molar-refractivity contribution >= 4 is 46.4 Å². The van der Waals surface area contributed by atoms with Gasteiger partial charge in [-0.3, -0.25) is 4.79 Å². The highest BCUT2D eigenvalue weighted by Crippen LogP contribution is 2.21. The van der Waals surface area contributed by atoms with E-state index in [-0.39, 0.29) is 21.6 Å². The van der Waals surface area contributed by atoms with Gasteiger partial charge < -0.3 is 5.32 Å². The average Bonchev–Trinajstić information content (AvgIpc) is 2.35. The molecule has 4 nitrogen and oxygen atoms in total. The molecule has 1 aromatic rings. The first-order valence-corrected chi connectivity index (χ1v) is 6.05. The molecule has 1 aliphatic rings. The lowest BCUT2D eigenvalue weighted by Crippen LogP contribution is -2.14. The number of amides is 2. The summed E-state index contributed by atoms with van der Waals surface area (Å²) < 4.78 is 0. The number of rotatable bonds is 1. The maximum absolute atomic E-state index is 11.7. The van der Waals surface area contributed by atoms with E-state index in [1.54, 1.807) is 24.3 Å². The van der Waals surface area contributed by atoms with Crippen molar-refractivity contribution in [1.29, 1.82) is 0 Å². The van der Waals surface area contributed by atoms with Crippen LogP contribution in [0.3, 0.4) is 0 Å². The molecule has 2 rings (SSSR count). The quantitative estimate of drug-likeness (QED) is 0.806. The predicted molar refractivity (Wildman–Crippen MR) is 75.8 cm³/mol. The smallest absolute Gasteiger partial charge is 0.306 e. The number of nitrogens with one attached hydrogen (secondary N) is 1. The van der Waals surface area contributed by atoms with Crippen molar-refractivity contribution in [3.05, 3.63) is 52.5 Å². The SMILES string of the molecule is O=C1C=C(Cl)C(=NC(=O)Nc2ccccc2)C(Cl)=C1. The van der Waals surface area contributed by atoms with E-state index in [1.165, 1.54) is 0 Å². The number of nitrogens with zero attached hydrogens (tertiary/aromatic N) is 1. The molecule has 0 unspecified atom stereocenters. The molecule has 19 heavy (non-hydrogen) atoms. The van der Waals surface area contributed by atoms with E-state index >= 15 is 0 Å². The Morgan fingerprint density at radius 1 is 1.05 bits per heavy atom. The van der Waals surface area contributed by atoms with Crippen molar-refractivity contribution in [3.8, 4) is 0 Å². The van der Waals surface area contributed by atoms with Crippen molar-refractivity contribution in [1.82, 2.24) is 0 Å². The highest BCUT2D eigenvalue weighted by Gasteiger charge is 2.18. The number of hydrogen-bond donors (Lipinski definition) is 1. The summed E-state index contributed by atoms with van der Waals surface area (Å²) >= 11 is 11.6. The summed E-state index contributed by atoms with van der Waals surface area (Å²) in [5.41, 5.74) is 0.681. The lowest BCUT2D eigenvalue weighted by molar-refractivity contribution is -0.110. The van der Waals surface area contributed by atoms with Crippen molar-refractivity contribution < 1.29 is 9.59 Å². The maximum Gasteiger partial charge on any atom is 0.346 e. The molecule has 0 aliphatic heterocycles. The minimum Gasteiger partial charge on any atom is -0.306 e. The molecule has 0 fully saturated rings. The first-order valence-electron chi connectivity index (χ1n) is 5.30. The number of benzene rings is 1. The van der Waals surface area contributed by atoms with Crippen LogP contribution in [0.2, 0.25) is 0 Å². The van der Waals surface area contributed by atoms with Gasteiger partial charge in [-0.2, -0.15) is 4.99 Å². The van der Waals surface area contributed by atoms with E-state index in [9.17, 15) is 9.59 Å². The molecular weight excluding hydrogens is 287 g/mol. The minimum absolute atomic E-state index is 0.0423. The van der Waals surface area contributed by atoms with Crippen LogP contribution in [0.15, 0.2) is 57.5 Å². The zero-order chi connectivity index (χ0) is 13.8. The van der Waals surface area contributed by atoms with Gasteiger partial charge in [-0.15, -0.1) is 0 Å². The predicted octanol–water partition coefficient (Wildman–Crippen LogP) is 3.49. The van der Waals surface area contributed by atoms with Gasteiger partial charge in [0.1, 0.15) is 5.71 Å². The molecule has 0 aromatic heterocycles. The molecule has 0 radical (unpaired) electrons. The third-order valence-corrected chi connectivity index (χ3v) is 2.81. The molecule has 0 bridgehead atoms. The molecular formula is C13H8Cl2N2O2. The number of anilines is 1. The summed E-state index contributed by atoms with van der Waals surface area (Å²) in [6, 6.07) is 8.21. The number of para-hydroxylation sites is 1. The van der Waals surface area contributed by atoms with Gasteiger partial charge in [0.15, 0.2) is 5.78 Å². The van der Waals surface area contributed by atoms with Crippen molar-refractivity contribution in [2.24, 2.45) is 4.99 Å². The summed E-state index contributed by atoms with van der Waals surface area (Å²) in [7, 11) is 0. The average molecular weight is 295 g/mol. The van der Waals surface area contributed by atoms with Crippen LogP contribution >= 0.6 is 23.2 Å². The maximum atomic E-state index is 11.7. The van der Waals surface area contributed by atoms with Gasteiger partial charge >= 0.3 is 6.03 Å². The summed E-state index contributed by atoms with van der Waals surface area (Å²) in [5, 5.41) is 2.64. The fourth-order valence-electron chi connectivity index (χ4n) is 1.42. The molecule has 2 amide bonds. The van der Waals surface area contributed by atoms with Gasteiger partial charge in [0, 0.05) is 17.8 Å². The molecule has 0 heterocycles. The van der Waals surface area contributed by atoms with E-state index < -0.39 is 6.03 Å². The molecule has 1 N–H and O–H groups in total. The van der Waals surface area contributed by atoms with Crippen LogP contribution in [0.1, 0.15) is 0 Å². The van der Waals surface area contributed by atoms with Crippen LogP contribution in [0, 0.1) is 0 Å². The molecule has 6 heteroatoms. The van der Waals surface area contributed by atoms with Gasteiger partial charge in [0.25, 0.3) is 0 Å². The van der Waals surface area contributed by atoms with Gasteiger partial charge in [-0.05, 0) is 12.1 Å². The van der Waals surface area contributed by atoms with E-state index in [4.69, 9.17) is 23.2 Å². The largest absolute Gasteiger partial charge is 0.346 e. The summed E-state index contributed by atoms with van der Waals surface area (Å²) in [6.45, 7) is 0. The van der Waals surface area contributed by atoms with Gasteiger partial charge in [-0.1, -0.05) is 41.4 Å². The molecule has 0 saturated heterocycles. The van der Waals surface area contributed by atoms with Gasteiger partial charge in [-0.25, -0.2) is 4.79 Å². The Labute approximate surface area is 119 Å². The van der Waals surface area contributed by atoms with Crippen molar-refractivity contribution in [2.45, 2.75) is 0 Å².